The summed E-state index contributed by atoms with van der Waals surface area (Å²) in [6, 6.07) is 8.16. The Morgan fingerprint density at radius 1 is 1.33 bits per heavy atom. The van der Waals surface area contributed by atoms with Crippen molar-refractivity contribution in [1.29, 1.82) is 0 Å². The van der Waals surface area contributed by atoms with Crippen LogP contribution >= 0.6 is 0 Å². The van der Waals surface area contributed by atoms with Gasteiger partial charge in [-0.05, 0) is 31.3 Å². The highest BCUT2D eigenvalue weighted by Gasteiger charge is 2.00. The van der Waals surface area contributed by atoms with E-state index in [1.165, 1.54) is 5.56 Å². The molecule has 0 aromatic heterocycles. The third-order valence-electron chi connectivity index (χ3n) is 2.74. The van der Waals surface area contributed by atoms with Crippen LogP contribution in [0.15, 0.2) is 24.3 Å². The quantitative estimate of drug-likeness (QED) is 0.707. The molecule has 0 aliphatic heterocycles. The Bertz CT molecular complexity index is 367. The van der Waals surface area contributed by atoms with Crippen LogP contribution in [0.1, 0.15) is 12.5 Å². The zero-order chi connectivity index (χ0) is 13.2. The van der Waals surface area contributed by atoms with Crippen molar-refractivity contribution in [1.82, 2.24) is 10.2 Å². The summed E-state index contributed by atoms with van der Waals surface area (Å²) < 4.78 is 5.69. The fraction of sp³-hybridized carbons (Fsp3) is 0.467. The maximum atomic E-state index is 5.69. The molecule has 1 N–H and O–H groups in total. The van der Waals surface area contributed by atoms with Crippen LogP contribution in [-0.4, -0.2) is 38.2 Å². The molecule has 0 unspecified atom stereocenters. The second-order valence-electron chi connectivity index (χ2n) is 4.10. The lowest BCUT2D eigenvalue weighted by molar-refractivity contribution is 0.232. The van der Waals surface area contributed by atoms with E-state index >= 15 is 0 Å². The van der Waals surface area contributed by atoms with Crippen molar-refractivity contribution in [3.05, 3.63) is 29.8 Å². The summed E-state index contributed by atoms with van der Waals surface area (Å²) in [5, 5.41) is 3.12. The van der Waals surface area contributed by atoms with Crippen LogP contribution in [0.2, 0.25) is 0 Å². The van der Waals surface area contributed by atoms with Gasteiger partial charge in [-0.15, -0.1) is 6.42 Å². The van der Waals surface area contributed by atoms with Crippen molar-refractivity contribution in [2.75, 3.05) is 33.3 Å². The molecule has 3 heteroatoms. The van der Waals surface area contributed by atoms with Gasteiger partial charge in [0.25, 0.3) is 0 Å². The fourth-order valence-corrected chi connectivity index (χ4v) is 1.68. The summed E-state index contributed by atoms with van der Waals surface area (Å²) in [7, 11) is 1.94. The van der Waals surface area contributed by atoms with Crippen molar-refractivity contribution in [3.63, 3.8) is 0 Å². The Balaban J connectivity index is 2.32. The minimum atomic E-state index is 0.668. The minimum absolute atomic E-state index is 0.668. The lowest BCUT2D eigenvalue weighted by atomic mass is 10.2. The smallest absolute Gasteiger partial charge is 0.119 e. The number of nitrogens with zero attached hydrogens (tertiary/aromatic N) is 1. The molecule has 0 amide bonds. The molecule has 0 fully saturated rings. The number of rotatable bonds is 8. The topological polar surface area (TPSA) is 24.5 Å². The number of likely N-dealkylation sites (N-methyl/N-ethyl adjacent to an activating group) is 1. The molecule has 0 bridgehead atoms. The third-order valence-corrected chi connectivity index (χ3v) is 2.74. The van der Waals surface area contributed by atoms with Gasteiger partial charge in [-0.1, -0.05) is 25.0 Å². The number of hydrogen-bond donors (Lipinski definition) is 1. The molecule has 0 aliphatic rings. The van der Waals surface area contributed by atoms with Gasteiger partial charge in [0.05, 0.1) is 6.54 Å². The van der Waals surface area contributed by atoms with Crippen LogP contribution in [0.4, 0.5) is 0 Å². The second-order valence-corrected chi connectivity index (χ2v) is 4.10. The average molecular weight is 246 g/mol. The monoisotopic (exact) mass is 246 g/mol. The first kappa shape index (κ1) is 14.6. The number of nitrogens with one attached hydrogen (secondary N) is 1. The summed E-state index contributed by atoms with van der Waals surface area (Å²) in [6.07, 6.45) is 5.29. The molecule has 1 rings (SSSR count). The first-order valence-electron chi connectivity index (χ1n) is 6.32. The predicted octanol–water partition coefficient (Wildman–Crippen LogP) is 1.74. The van der Waals surface area contributed by atoms with Gasteiger partial charge in [-0.3, -0.25) is 4.90 Å². The first-order valence-corrected chi connectivity index (χ1v) is 6.32. The van der Waals surface area contributed by atoms with Crippen molar-refractivity contribution in [2.45, 2.75) is 13.5 Å². The molecule has 98 valence electrons. The van der Waals surface area contributed by atoms with Crippen LogP contribution in [0, 0.1) is 12.3 Å². The molecule has 0 radical (unpaired) electrons. The van der Waals surface area contributed by atoms with Gasteiger partial charge in [0.15, 0.2) is 0 Å². The lowest BCUT2D eigenvalue weighted by Crippen LogP contribution is -2.28. The second kappa shape index (κ2) is 8.57. The maximum Gasteiger partial charge on any atom is 0.119 e. The van der Waals surface area contributed by atoms with Crippen LogP contribution in [-0.2, 0) is 6.54 Å². The zero-order valence-corrected chi connectivity index (χ0v) is 11.3. The van der Waals surface area contributed by atoms with Crippen LogP contribution < -0.4 is 10.1 Å². The van der Waals surface area contributed by atoms with E-state index in [2.05, 4.69) is 35.2 Å². The first-order chi connectivity index (χ1) is 8.80. The highest BCUT2D eigenvalue weighted by Crippen LogP contribution is 2.11. The Kier molecular flexibility index (Phi) is 6.93. The van der Waals surface area contributed by atoms with E-state index in [9.17, 15) is 0 Å². The Labute approximate surface area is 110 Å². The molecule has 1 aromatic rings. The fourth-order valence-electron chi connectivity index (χ4n) is 1.68. The third kappa shape index (κ3) is 5.22. The largest absolute Gasteiger partial charge is 0.492 e. The summed E-state index contributed by atoms with van der Waals surface area (Å²) in [5.74, 6) is 3.56. The number of ether oxygens (including phenoxy) is 1. The molecule has 0 atom stereocenters. The van der Waals surface area contributed by atoms with Gasteiger partial charge in [0.2, 0.25) is 0 Å². The van der Waals surface area contributed by atoms with Gasteiger partial charge < -0.3 is 10.1 Å². The lowest BCUT2D eigenvalue weighted by Gasteiger charge is -2.17. The Morgan fingerprint density at radius 3 is 2.61 bits per heavy atom. The number of terminal acetylenes is 1. The zero-order valence-electron chi connectivity index (χ0n) is 11.3. The van der Waals surface area contributed by atoms with E-state index in [4.69, 9.17) is 11.2 Å². The SMILES string of the molecule is C#CCN(CC)CCOc1ccc(CNC)cc1. The average Bonchev–Trinajstić information content (AvgIpc) is 2.40. The van der Waals surface area contributed by atoms with Gasteiger partial charge in [-0.2, -0.15) is 0 Å². The maximum absolute atomic E-state index is 5.69. The molecular formula is C15H22N2O. The molecule has 18 heavy (non-hydrogen) atoms. The summed E-state index contributed by atoms with van der Waals surface area (Å²) >= 11 is 0. The molecule has 0 aliphatic carbocycles. The van der Waals surface area contributed by atoms with Crippen molar-refractivity contribution in [3.8, 4) is 18.1 Å². The summed E-state index contributed by atoms with van der Waals surface area (Å²) in [5.41, 5.74) is 1.26. The summed E-state index contributed by atoms with van der Waals surface area (Å²) in [4.78, 5) is 2.18. The van der Waals surface area contributed by atoms with Gasteiger partial charge in [0.1, 0.15) is 12.4 Å². The van der Waals surface area contributed by atoms with E-state index in [1.807, 2.05) is 19.2 Å². The highest BCUT2D eigenvalue weighted by atomic mass is 16.5. The molecule has 0 spiro atoms. The van der Waals surface area contributed by atoms with Crippen molar-refractivity contribution >= 4 is 0 Å². The molecule has 0 heterocycles. The Hall–Kier alpha value is -1.50. The van der Waals surface area contributed by atoms with E-state index in [0.717, 1.165) is 25.4 Å². The molecular weight excluding hydrogens is 224 g/mol. The minimum Gasteiger partial charge on any atom is -0.492 e. The molecule has 3 nitrogen and oxygen atoms in total. The van der Waals surface area contributed by atoms with Crippen molar-refractivity contribution in [2.24, 2.45) is 0 Å². The molecule has 0 saturated carbocycles. The molecule has 1 aromatic carbocycles. The van der Waals surface area contributed by atoms with Gasteiger partial charge in [-0.25, -0.2) is 0 Å². The van der Waals surface area contributed by atoms with Gasteiger partial charge in [0, 0.05) is 13.1 Å². The standard InChI is InChI=1S/C15H22N2O/c1-4-10-17(5-2)11-12-18-15-8-6-14(7-9-15)13-16-3/h1,6-9,16H,5,10-13H2,2-3H3. The van der Waals surface area contributed by atoms with Crippen LogP contribution in [0.3, 0.4) is 0 Å². The van der Waals surface area contributed by atoms with Crippen LogP contribution in [0.5, 0.6) is 5.75 Å². The normalized spacial score (nSPS) is 10.3. The Morgan fingerprint density at radius 2 is 2.06 bits per heavy atom. The van der Waals surface area contributed by atoms with E-state index in [-0.39, 0.29) is 0 Å². The van der Waals surface area contributed by atoms with E-state index < -0.39 is 0 Å². The van der Waals surface area contributed by atoms with Gasteiger partial charge >= 0.3 is 0 Å². The van der Waals surface area contributed by atoms with E-state index in [0.29, 0.717) is 13.2 Å². The van der Waals surface area contributed by atoms with Crippen molar-refractivity contribution < 1.29 is 4.74 Å². The number of hydrogen-bond acceptors (Lipinski definition) is 3. The molecule has 0 saturated heterocycles. The van der Waals surface area contributed by atoms with E-state index in [1.54, 1.807) is 0 Å². The predicted molar refractivity (Wildman–Crippen MR) is 75.6 cm³/mol. The highest BCUT2D eigenvalue weighted by molar-refractivity contribution is 5.27. The number of benzene rings is 1. The summed E-state index contributed by atoms with van der Waals surface area (Å²) in [6.45, 7) is 6.14. The van der Waals surface area contributed by atoms with Crippen LogP contribution in [0.25, 0.3) is 0 Å².